The molecule has 96 valence electrons. The maximum Gasteiger partial charge on any atom is 0.408 e. The second-order valence-corrected chi connectivity index (χ2v) is 5.67. The van der Waals surface area contributed by atoms with Crippen LogP contribution in [0, 0.1) is 5.92 Å². The molecule has 0 rings (SSSR count). The van der Waals surface area contributed by atoms with E-state index in [1.54, 1.807) is 20.8 Å². The molecule has 0 aliphatic carbocycles. The number of rotatable bonds is 4. The summed E-state index contributed by atoms with van der Waals surface area (Å²) in [4.78, 5) is 11.7. The van der Waals surface area contributed by atoms with Crippen LogP contribution in [0.1, 0.15) is 50.7 Å². The van der Waals surface area contributed by atoms with Gasteiger partial charge in [0, 0.05) is 0 Å². The third-order valence-corrected chi connectivity index (χ3v) is 1.84. The van der Waals surface area contributed by atoms with Gasteiger partial charge in [-0.3, -0.25) is 0 Å². The zero-order chi connectivity index (χ0) is 14.8. The Morgan fingerprint density at radius 3 is 2.25 bits per heavy atom. The van der Waals surface area contributed by atoms with Crippen molar-refractivity contribution in [3.05, 3.63) is 0 Å². The van der Waals surface area contributed by atoms with Gasteiger partial charge in [-0.2, -0.15) is 0 Å². The Labute approximate surface area is 101 Å². The van der Waals surface area contributed by atoms with Crippen molar-refractivity contribution in [2.75, 3.05) is 6.56 Å². The fourth-order valence-corrected chi connectivity index (χ4v) is 1.47. The molecule has 1 amide bonds. The van der Waals surface area contributed by atoms with Gasteiger partial charge in [-0.1, -0.05) is 13.8 Å². The number of aliphatic hydroxyl groups is 1. The topological polar surface area (TPSA) is 58.6 Å². The van der Waals surface area contributed by atoms with Crippen LogP contribution >= 0.6 is 0 Å². The molecule has 0 bridgehead atoms. The van der Waals surface area contributed by atoms with Crippen molar-refractivity contribution in [2.45, 2.75) is 59.1 Å². The number of carbonyl (C=O) groups is 1. The molecule has 2 N–H and O–H groups in total. The minimum absolute atomic E-state index is 0.118. The van der Waals surface area contributed by atoms with Crippen LogP contribution in [0.2, 0.25) is 0 Å². The average Bonchev–Trinajstić information content (AvgIpc) is 1.94. The molecule has 0 heterocycles. The molecular weight excluding hydrogens is 206 g/mol. The lowest BCUT2D eigenvalue weighted by Gasteiger charge is -2.31. The van der Waals surface area contributed by atoms with Crippen LogP contribution in [0.5, 0.6) is 0 Å². The van der Waals surface area contributed by atoms with Crippen LogP contribution in [0.15, 0.2) is 0 Å². The first kappa shape index (κ1) is 11.7. The highest BCUT2D eigenvalue weighted by molar-refractivity contribution is 5.68. The predicted octanol–water partition coefficient (Wildman–Crippen LogP) is 2.31. The van der Waals surface area contributed by atoms with Gasteiger partial charge >= 0.3 is 6.09 Å². The van der Waals surface area contributed by atoms with Crippen molar-refractivity contribution >= 4 is 6.09 Å². The molecule has 1 unspecified atom stereocenters. The Morgan fingerprint density at radius 2 is 1.94 bits per heavy atom. The molecule has 16 heavy (non-hydrogen) atoms. The summed E-state index contributed by atoms with van der Waals surface area (Å²) in [6.07, 6.45) is -0.431. The number of alkyl carbamates (subject to hydrolysis) is 1. The third-order valence-electron chi connectivity index (χ3n) is 1.84. The zero-order valence-electron chi connectivity index (χ0n) is 13.0. The highest BCUT2D eigenvalue weighted by atomic mass is 16.6. The average molecular weight is 233 g/mol. The Kier molecular flexibility index (Phi) is 4.04. The number of carbonyl (C=O) groups excluding carboxylic acids is 1. The van der Waals surface area contributed by atoms with E-state index >= 15 is 0 Å². The molecule has 0 aliphatic heterocycles. The third kappa shape index (κ3) is 6.67. The second kappa shape index (κ2) is 5.53. The highest BCUT2D eigenvalue weighted by Gasteiger charge is 2.28. The van der Waals surface area contributed by atoms with Crippen molar-refractivity contribution in [1.29, 1.82) is 0 Å². The van der Waals surface area contributed by atoms with Crippen molar-refractivity contribution in [2.24, 2.45) is 5.92 Å². The first-order valence-electron chi connectivity index (χ1n) is 6.50. The second-order valence-electron chi connectivity index (χ2n) is 5.67. The van der Waals surface area contributed by atoms with Gasteiger partial charge in [0.1, 0.15) is 5.60 Å². The highest BCUT2D eigenvalue weighted by Crippen LogP contribution is 2.17. The maximum absolute atomic E-state index is 11.7. The first-order chi connectivity index (χ1) is 7.77. The molecule has 0 saturated heterocycles. The van der Waals surface area contributed by atoms with E-state index in [-0.39, 0.29) is 5.92 Å². The van der Waals surface area contributed by atoms with Gasteiger partial charge in [-0.25, -0.2) is 4.79 Å². The smallest absolute Gasteiger partial charge is 0.408 e. The largest absolute Gasteiger partial charge is 0.444 e. The quantitative estimate of drug-likeness (QED) is 0.783. The van der Waals surface area contributed by atoms with Crippen LogP contribution in [0.3, 0.4) is 0 Å². The molecule has 0 radical (unpaired) electrons. The van der Waals surface area contributed by atoms with Crippen molar-refractivity contribution in [1.82, 2.24) is 5.32 Å². The van der Waals surface area contributed by atoms with E-state index in [4.69, 9.17) is 7.48 Å². The van der Waals surface area contributed by atoms with Gasteiger partial charge in [-0.05, 0) is 40.0 Å². The van der Waals surface area contributed by atoms with E-state index in [0.717, 1.165) is 0 Å². The van der Waals surface area contributed by atoms with E-state index in [1.165, 1.54) is 6.92 Å². The summed E-state index contributed by atoms with van der Waals surface area (Å²) in [6, 6.07) is 0. The summed E-state index contributed by atoms with van der Waals surface area (Å²) in [5.41, 5.74) is -2.05. The molecule has 0 saturated carbocycles. The molecule has 0 aromatic rings. The van der Waals surface area contributed by atoms with Gasteiger partial charge in [-0.15, -0.1) is 0 Å². The van der Waals surface area contributed by atoms with E-state index in [9.17, 15) is 9.90 Å². The SMILES string of the molecule is [2H]C([2H])(O)C(C)(CC(C)C)NC(=O)OC(C)(C)C. The van der Waals surface area contributed by atoms with Gasteiger partial charge in [0.25, 0.3) is 0 Å². The fraction of sp³-hybridized carbons (Fsp3) is 0.917. The van der Waals surface area contributed by atoms with Gasteiger partial charge in [0.2, 0.25) is 0 Å². The molecule has 0 fully saturated rings. The maximum atomic E-state index is 11.7. The minimum Gasteiger partial charge on any atom is -0.444 e. The van der Waals surface area contributed by atoms with Gasteiger partial charge in [0.15, 0.2) is 0 Å². The molecule has 4 nitrogen and oxygen atoms in total. The van der Waals surface area contributed by atoms with Crippen LogP contribution in [-0.4, -0.2) is 28.9 Å². The zero-order valence-corrected chi connectivity index (χ0v) is 11.0. The van der Waals surface area contributed by atoms with E-state index in [1.807, 2.05) is 13.8 Å². The van der Waals surface area contributed by atoms with Gasteiger partial charge < -0.3 is 15.2 Å². The van der Waals surface area contributed by atoms with Crippen LogP contribution < -0.4 is 5.32 Å². The molecule has 0 aromatic carbocycles. The molecule has 4 heteroatoms. The van der Waals surface area contributed by atoms with Crippen LogP contribution in [-0.2, 0) is 4.74 Å². The molecule has 0 spiro atoms. The van der Waals surface area contributed by atoms with E-state index < -0.39 is 23.8 Å². The Hall–Kier alpha value is -0.770. The Balaban J connectivity index is 4.87. The van der Waals surface area contributed by atoms with Crippen molar-refractivity contribution in [3.8, 4) is 0 Å². The molecule has 0 aliphatic rings. The Morgan fingerprint density at radius 1 is 1.44 bits per heavy atom. The summed E-state index contributed by atoms with van der Waals surface area (Å²) in [6.45, 7) is 7.90. The number of ether oxygens (including phenoxy) is 1. The molecule has 0 aromatic heterocycles. The van der Waals surface area contributed by atoms with E-state index in [0.29, 0.717) is 6.42 Å². The number of hydrogen-bond donors (Lipinski definition) is 2. The lowest BCUT2D eigenvalue weighted by molar-refractivity contribution is 0.0394. The summed E-state index contributed by atoms with van der Waals surface area (Å²) in [5, 5.41) is 12.0. The van der Waals surface area contributed by atoms with Crippen LogP contribution in [0.4, 0.5) is 4.79 Å². The predicted molar refractivity (Wildman–Crippen MR) is 64.3 cm³/mol. The summed E-state index contributed by atoms with van der Waals surface area (Å²) in [7, 11) is 0. The minimum atomic E-state index is -2.52. The van der Waals surface area contributed by atoms with Gasteiger partial charge in [0.05, 0.1) is 14.8 Å². The summed E-state index contributed by atoms with van der Waals surface area (Å²) >= 11 is 0. The normalized spacial score (nSPS) is 18.5. The standard InChI is InChI=1S/C12H25NO3/c1-9(2)7-12(6,8-14)13-10(15)16-11(3,4)5/h9,14H,7-8H2,1-6H3,(H,13,15)/i8D2. The Bertz CT molecular complexity index is 295. The fourth-order valence-electron chi connectivity index (χ4n) is 1.47. The summed E-state index contributed by atoms with van der Waals surface area (Å²) < 4.78 is 20.0. The molecular formula is C12H25NO3. The van der Waals surface area contributed by atoms with Crippen molar-refractivity contribution < 1.29 is 17.4 Å². The summed E-state index contributed by atoms with van der Waals surface area (Å²) in [5.74, 6) is 0.118. The number of hydrogen-bond acceptors (Lipinski definition) is 3. The lowest BCUT2D eigenvalue weighted by atomic mass is 9.92. The van der Waals surface area contributed by atoms with Crippen LogP contribution in [0.25, 0.3) is 0 Å². The molecule has 1 atom stereocenters. The lowest BCUT2D eigenvalue weighted by Crippen LogP contribution is -2.51. The van der Waals surface area contributed by atoms with E-state index in [2.05, 4.69) is 5.32 Å². The monoisotopic (exact) mass is 233 g/mol. The number of nitrogens with one attached hydrogen (secondary N) is 1. The van der Waals surface area contributed by atoms with Crippen molar-refractivity contribution in [3.63, 3.8) is 0 Å². The first-order valence-corrected chi connectivity index (χ1v) is 5.50. The number of amides is 1.